The van der Waals surface area contributed by atoms with E-state index >= 15 is 0 Å². The molecular weight excluding hydrogens is 343 g/mol. The lowest BCUT2D eigenvalue weighted by Gasteiger charge is -2.03. The normalized spacial score (nSPS) is 11.0. The zero-order chi connectivity index (χ0) is 18.1. The highest BCUT2D eigenvalue weighted by Crippen LogP contribution is 2.23. The largest absolute Gasteiger partial charge is 0.487 e. The molecule has 0 radical (unpaired) electrons. The van der Waals surface area contributed by atoms with E-state index < -0.39 is 11.6 Å². The number of fused-ring (bicyclic) bond motifs is 1. The molecular formula is C19H12F3N3O. The Morgan fingerprint density at radius 3 is 2.46 bits per heavy atom. The molecule has 0 amide bonds. The fourth-order valence-corrected chi connectivity index (χ4v) is 2.55. The number of nitrogens with zero attached hydrogens (tertiary/aromatic N) is 3. The van der Waals surface area contributed by atoms with Gasteiger partial charge in [0.25, 0.3) is 0 Å². The van der Waals surface area contributed by atoms with Crippen molar-refractivity contribution in [3.63, 3.8) is 0 Å². The second-order valence-electron chi connectivity index (χ2n) is 5.65. The smallest absolute Gasteiger partial charge is 0.234 e. The summed E-state index contributed by atoms with van der Waals surface area (Å²) in [7, 11) is 0. The minimum absolute atomic E-state index is 0.176. The molecule has 0 spiro atoms. The van der Waals surface area contributed by atoms with Gasteiger partial charge in [-0.15, -0.1) is 0 Å². The molecule has 4 nitrogen and oxygen atoms in total. The third kappa shape index (κ3) is 3.23. The van der Waals surface area contributed by atoms with Crippen LogP contribution >= 0.6 is 0 Å². The van der Waals surface area contributed by atoms with Crippen molar-refractivity contribution in [1.29, 1.82) is 0 Å². The van der Waals surface area contributed by atoms with Crippen LogP contribution in [0, 0.1) is 17.5 Å². The Kier molecular flexibility index (Phi) is 4.04. The molecule has 0 bridgehead atoms. The molecule has 0 atom stereocenters. The first-order chi connectivity index (χ1) is 12.6. The van der Waals surface area contributed by atoms with Gasteiger partial charge in [0.1, 0.15) is 29.8 Å². The Morgan fingerprint density at radius 1 is 0.923 bits per heavy atom. The average molecular weight is 355 g/mol. The first-order valence-electron chi connectivity index (χ1n) is 7.76. The zero-order valence-corrected chi connectivity index (χ0v) is 13.4. The van der Waals surface area contributed by atoms with E-state index in [1.165, 1.54) is 42.6 Å². The lowest BCUT2D eigenvalue weighted by Crippen LogP contribution is -1.95. The summed E-state index contributed by atoms with van der Waals surface area (Å²) in [6.45, 7) is 0.176. The number of halogens is 3. The number of imidazole rings is 1. The zero-order valence-electron chi connectivity index (χ0n) is 13.4. The molecule has 0 aliphatic rings. The van der Waals surface area contributed by atoms with Crippen molar-refractivity contribution in [2.75, 3.05) is 0 Å². The number of aromatic nitrogens is 3. The van der Waals surface area contributed by atoms with Crippen LogP contribution in [-0.2, 0) is 6.61 Å². The topological polar surface area (TPSA) is 39.4 Å². The molecule has 2 heterocycles. The Hall–Kier alpha value is -3.35. The van der Waals surface area contributed by atoms with Gasteiger partial charge in [-0.3, -0.25) is 4.40 Å². The summed E-state index contributed by atoms with van der Waals surface area (Å²) >= 11 is 0. The molecule has 4 aromatic rings. The lowest BCUT2D eigenvalue weighted by atomic mass is 10.1. The summed E-state index contributed by atoms with van der Waals surface area (Å²) in [5.74, 6) is -0.691. The van der Waals surface area contributed by atoms with Crippen LogP contribution in [0.4, 0.5) is 13.2 Å². The van der Waals surface area contributed by atoms with E-state index in [4.69, 9.17) is 4.74 Å². The Labute approximate surface area is 146 Å². The van der Waals surface area contributed by atoms with Crippen molar-refractivity contribution >= 4 is 5.78 Å². The summed E-state index contributed by atoms with van der Waals surface area (Å²) in [4.78, 5) is 8.51. The van der Waals surface area contributed by atoms with Crippen molar-refractivity contribution in [3.8, 4) is 16.9 Å². The lowest BCUT2D eigenvalue weighted by molar-refractivity contribution is 0.301. The van der Waals surface area contributed by atoms with Gasteiger partial charge in [0.2, 0.25) is 5.78 Å². The molecule has 0 N–H and O–H groups in total. The molecule has 2 aromatic carbocycles. The number of hydrogen-bond donors (Lipinski definition) is 0. The van der Waals surface area contributed by atoms with Crippen LogP contribution in [0.15, 0.2) is 61.1 Å². The van der Waals surface area contributed by atoms with E-state index in [2.05, 4.69) is 9.97 Å². The molecule has 0 aliphatic heterocycles. The Balaban J connectivity index is 1.58. The second-order valence-corrected chi connectivity index (χ2v) is 5.65. The molecule has 0 unspecified atom stereocenters. The van der Waals surface area contributed by atoms with Crippen molar-refractivity contribution in [1.82, 2.24) is 14.4 Å². The second kappa shape index (κ2) is 6.51. The molecule has 0 aliphatic carbocycles. The SMILES string of the molecule is Fc1ccc(OCc2cn3cc(-c4ccc(F)cc4F)cnc3n2)cc1. The van der Waals surface area contributed by atoms with Crippen LogP contribution in [-0.4, -0.2) is 14.4 Å². The Bertz CT molecular complexity index is 1080. The highest BCUT2D eigenvalue weighted by molar-refractivity contribution is 5.63. The van der Waals surface area contributed by atoms with Crippen molar-refractivity contribution in [2.24, 2.45) is 0 Å². The van der Waals surface area contributed by atoms with E-state index in [9.17, 15) is 13.2 Å². The maximum atomic E-state index is 13.9. The first-order valence-corrected chi connectivity index (χ1v) is 7.76. The predicted octanol–water partition coefficient (Wildman–Crippen LogP) is 4.39. The number of rotatable bonds is 4. The van der Waals surface area contributed by atoms with Crippen molar-refractivity contribution in [2.45, 2.75) is 6.61 Å². The molecule has 7 heteroatoms. The van der Waals surface area contributed by atoms with E-state index in [0.29, 0.717) is 22.8 Å². The number of ether oxygens (including phenoxy) is 1. The maximum Gasteiger partial charge on any atom is 0.234 e. The van der Waals surface area contributed by atoms with Gasteiger partial charge in [0.15, 0.2) is 0 Å². The van der Waals surface area contributed by atoms with Gasteiger partial charge in [-0.1, -0.05) is 0 Å². The van der Waals surface area contributed by atoms with Crippen LogP contribution < -0.4 is 4.74 Å². The van der Waals surface area contributed by atoms with E-state index in [0.717, 1.165) is 6.07 Å². The summed E-state index contributed by atoms with van der Waals surface area (Å²) < 4.78 is 47.1. The van der Waals surface area contributed by atoms with Gasteiger partial charge in [-0.05, 0) is 36.4 Å². The minimum atomic E-state index is -0.661. The predicted molar refractivity (Wildman–Crippen MR) is 89.1 cm³/mol. The van der Waals surface area contributed by atoms with Crippen LogP contribution in [0.5, 0.6) is 5.75 Å². The Morgan fingerprint density at radius 2 is 1.69 bits per heavy atom. The summed E-state index contributed by atoms with van der Waals surface area (Å²) in [6, 6.07) is 9.06. The van der Waals surface area contributed by atoms with E-state index in [1.54, 1.807) is 16.8 Å². The fraction of sp³-hybridized carbons (Fsp3) is 0.0526. The van der Waals surface area contributed by atoms with Gasteiger partial charge in [-0.25, -0.2) is 23.1 Å². The quantitative estimate of drug-likeness (QED) is 0.545. The summed E-state index contributed by atoms with van der Waals surface area (Å²) in [5, 5.41) is 0. The summed E-state index contributed by atoms with van der Waals surface area (Å²) in [5.41, 5.74) is 1.36. The van der Waals surface area contributed by atoms with E-state index in [-0.39, 0.29) is 18.0 Å². The fourth-order valence-electron chi connectivity index (χ4n) is 2.55. The third-order valence-corrected chi connectivity index (χ3v) is 3.80. The van der Waals surface area contributed by atoms with E-state index in [1.807, 2.05) is 0 Å². The molecule has 4 rings (SSSR count). The standard InChI is InChI=1S/C19H12F3N3O/c20-13-1-4-16(5-2-13)26-11-15-10-25-9-12(8-23-19(25)24-15)17-6-3-14(21)7-18(17)22/h1-10H,11H2. The number of benzene rings is 2. The van der Waals surface area contributed by atoms with Crippen LogP contribution in [0.25, 0.3) is 16.9 Å². The highest BCUT2D eigenvalue weighted by Gasteiger charge is 2.10. The molecule has 0 saturated heterocycles. The monoisotopic (exact) mass is 355 g/mol. The molecule has 130 valence electrons. The molecule has 2 aromatic heterocycles. The van der Waals surface area contributed by atoms with Crippen LogP contribution in [0.1, 0.15) is 5.69 Å². The first kappa shape index (κ1) is 16.1. The highest BCUT2D eigenvalue weighted by atomic mass is 19.1. The van der Waals surface area contributed by atoms with Gasteiger partial charge in [0, 0.05) is 35.8 Å². The molecule has 0 fully saturated rings. The van der Waals surface area contributed by atoms with Gasteiger partial charge < -0.3 is 4.74 Å². The van der Waals surface area contributed by atoms with Crippen molar-refractivity contribution < 1.29 is 17.9 Å². The van der Waals surface area contributed by atoms with Crippen LogP contribution in [0.2, 0.25) is 0 Å². The van der Waals surface area contributed by atoms with Gasteiger partial charge >= 0.3 is 0 Å². The minimum Gasteiger partial charge on any atom is -0.487 e. The molecule has 26 heavy (non-hydrogen) atoms. The molecule has 0 saturated carbocycles. The third-order valence-electron chi connectivity index (χ3n) is 3.80. The van der Waals surface area contributed by atoms with Crippen LogP contribution in [0.3, 0.4) is 0 Å². The van der Waals surface area contributed by atoms with Gasteiger partial charge in [0.05, 0.1) is 5.69 Å². The van der Waals surface area contributed by atoms with Gasteiger partial charge in [-0.2, -0.15) is 0 Å². The summed E-state index contributed by atoms with van der Waals surface area (Å²) in [6.07, 6.45) is 4.84. The maximum absolute atomic E-state index is 13.9. The van der Waals surface area contributed by atoms with Crippen molar-refractivity contribution in [3.05, 3.63) is 84.2 Å². The average Bonchev–Trinajstić information content (AvgIpc) is 3.03. The number of hydrogen-bond acceptors (Lipinski definition) is 3.